The van der Waals surface area contributed by atoms with Crippen molar-refractivity contribution >= 4 is 17.8 Å². The van der Waals surface area contributed by atoms with Gasteiger partial charge in [0, 0.05) is 0 Å². The molecule has 1 heterocycles. The fourth-order valence-corrected chi connectivity index (χ4v) is 1.67. The highest BCUT2D eigenvalue weighted by Crippen LogP contribution is 2.20. The van der Waals surface area contributed by atoms with Gasteiger partial charge in [0.2, 0.25) is 5.91 Å². The van der Waals surface area contributed by atoms with Crippen molar-refractivity contribution in [3.8, 4) is 5.75 Å². The van der Waals surface area contributed by atoms with Crippen LogP contribution in [0, 0.1) is 0 Å². The molecule has 0 aliphatic carbocycles. The number of esters is 1. The van der Waals surface area contributed by atoms with Crippen molar-refractivity contribution in [2.75, 3.05) is 6.54 Å². The first-order valence-corrected chi connectivity index (χ1v) is 5.81. The zero-order valence-electron chi connectivity index (χ0n) is 10.6. The van der Waals surface area contributed by atoms with Crippen LogP contribution in [0.5, 0.6) is 5.75 Å². The summed E-state index contributed by atoms with van der Waals surface area (Å²) in [5.41, 5.74) is -0.937. The summed E-state index contributed by atoms with van der Waals surface area (Å²) in [6, 6.07) is 6.39. The van der Waals surface area contributed by atoms with Crippen molar-refractivity contribution < 1.29 is 19.1 Å². The molecule has 19 heavy (non-hydrogen) atoms. The van der Waals surface area contributed by atoms with E-state index < -0.39 is 23.3 Å². The number of rotatable bonds is 0. The summed E-state index contributed by atoms with van der Waals surface area (Å²) >= 11 is 0. The van der Waals surface area contributed by atoms with Gasteiger partial charge in [-0.15, -0.1) is 0 Å². The molecule has 1 aromatic carbocycles. The number of hydrogen-bond acceptors (Lipinski definition) is 4. The molecular formula is C13H14N2O4. The molecule has 2 N–H and O–H groups in total. The molecule has 0 atom stereocenters. The second-order valence-electron chi connectivity index (χ2n) is 4.74. The first-order chi connectivity index (χ1) is 8.90. The molecule has 1 aliphatic rings. The van der Waals surface area contributed by atoms with Crippen LogP contribution in [0.25, 0.3) is 0 Å². The lowest BCUT2D eigenvalue weighted by Gasteiger charge is -2.25. The molecule has 0 aromatic heterocycles. The number of carbonyl (C=O) groups is 3. The minimum atomic E-state index is -1.16. The maximum atomic E-state index is 12.0. The summed E-state index contributed by atoms with van der Waals surface area (Å²) in [5, 5.41) is 4.97. The van der Waals surface area contributed by atoms with Gasteiger partial charge in [-0.05, 0) is 26.0 Å². The Bertz CT molecular complexity index is 551. The lowest BCUT2D eigenvalue weighted by atomic mass is 10.1. The molecule has 0 saturated carbocycles. The van der Waals surface area contributed by atoms with Gasteiger partial charge < -0.3 is 15.4 Å². The summed E-state index contributed by atoms with van der Waals surface area (Å²) in [6.45, 7) is 2.89. The zero-order valence-corrected chi connectivity index (χ0v) is 10.6. The van der Waals surface area contributed by atoms with Crippen molar-refractivity contribution in [2.24, 2.45) is 0 Å². The standard InChI is InChI=1S/C13H14N2O4/c1-13(2)12(18)19-9-6-4-3-5-8(9)11(17)14-7-10(16)15-13/h3-6H,7H2,1-2H3,(H,14,17)(H,15,16). The van der Waals surface area contributed by atoms with Crippen molar-refractivity contribution in [2.45, 2.75) is 19.4 Å². The molecule has 0 unspecified atom stereocenters. The van der Waals surface area contributed by atoms with Gasteiger partial charge in [0.15, 0.2) is 0 Å². The quantitative estimate of drug-likeness (QED) is 0.518. The van der Waals surface area contributed by atoms with Gasteiger partial charge in [-0.25, -0.2) is 4.79 Å². The molecule has 0 bridgehead atoms. The van der Waals surface area contributed by atoms with E-state index in [1.54, 1.807) is 26.0 Å². The number of ether oxygens (including phenoxy) is 1. The van der Waals surface area contributed by atoms with Gasteiger partial charge >= 0.3 is 5.97 Å². The van der Waals surface area contributed by atoms with Crippen LogP contribution >= 0.6 is 0 Å². The highest BCUT2D eigenvalue weighted by atomic mass is 16.5. The van der Waals surface area contributed by atoms with E-state index in [9.17, 15) is 14.4 Å². The molecule has 0 spiro atoms. The molecule has 6 nitrogen and oxygen atoms in total. The molecule has 6 heteroatoms. The number of benzene rings is 1. The largest absolute Gasteiger partial charge is 0.424 e. The minimum absolute atomic E-state index is 0.175. The van der Waals surface area contributed by atoms with Crippen molar-refractivity contribution in [1.29, 1.82) is 0 Å². The fraction of sp³-hybridized carbons (Fsp3) is 0.308. The first-order valence-electron chi connectivity index (χ1n) is 5.81. The van der Waals surface area contributed by atoms with Crippen LogP contribution in [0.1, 0.15) is 24.2 Å². The predicted octanol–water partition coefficient (Wildman–Crippen LogP) is 0.230. The Morgan fingerprint density at radius 1 is 1.16 bits per heavy atom. The molecule has 0 radical (unpaired) electrons. The molecule has 1 aromatic rings. The Hall–Kier alpha value is -2.37. The summed E-state index contributed by atoms with van der Waals surface area (Å²) in [4.78, 5) is 35.4. The van der Waals surface area contributed by atoms with Crippen LogP contribution in [0.15, 0.2) is 24.3 Å². The maximum absolute atomic E-state index is 12.0. The summed E-state index contributed by atoms with van der Waals surface area (Å²) in [6.07, 6.45) is 0. The number of fused-ring (bicyclic) bond motifs is 1. The lowest BCUT2D eigenvalue weighted by Crippen LogP contribution is -2.54. The lowest BCUT2D eigenvalue weighted by molar-refractivity contribution is -0.143. The average Bonchev–Trinajstić information content (AvgIpc) is 2.35. The highest BCUT2D eigenvalue weighted by Gasteiger charge is 2.33. The van der Waals surface area contributed by atoms with E-state index in [-0.39, 0.29) is 17.9 Å². The van der Waals surface area contributed by atoms with Gasteiger partial charge in [-0.3, -0.25) is 9.59 Å². The van der Waals surface area contributed by atoms with E-state index in [2.05, 4.69) is 10.6 Å². The number of nitrogens with one attached hydrogen (secondary N) is 2. The maximum Gasteiger partial charge on any atom is 0.336 e. The third-order valence-electron chi connectivity index (χ3n) is 2.71. The average molecular weight is 262 g/mol. The Morgan fingerprint density at radius 2 is 1.84 bits per heavy atom. The van der Waals surface area contributed by atoms with Crippen molar-refractivity contribution in [3.05, 3.63) is 29.8 Å². The molecule has 0 saturated heterocycles. The molecule has 2 amide bonds. The fourth-order valence-electron chi connectivity index (χ4n) is 1.67. The van der Waals surface area contributed by atoms with Crippen LogP contribution in [0.4, 0.5) is 0 Å². The van der Waals surface area contributed by atoms with Gasteiger partial charge in [0.25, 0.3) is 5.91 Å². The van der Waals surface area contributed by atoms with E-state index in [4.69, 9.17) is 4.74 Å². The Kier molecular flexibility index (Phi) is 3.25. The van der Waals surface area contributed by atoms with Crippen LogP contribution in [-0.4, -0.2) is 29.9 Å². The number of carbonyl (C=O) groups excluding carboxylic acids is 3. The summed E-state index contributed by atoms with van der Waals surface area (Å²) < 4.78 is 5.19. The molecule has 0 fully saturated rings. The normalized spacial score (nSPS) is 18.7. The molecule has 2 rings (SSSR count). The number of para-hydroxylation sites is 1. The van der Waals surface area contributed by atoms with Crippen molar-refractivity contribution in [1.82, 2.24) is 10.6 Å². The van der Waals surface area contributed by atoms with E-state index in [0.717, 1.165) is 0 Å². The second kappa shape index (κ2) is 4.72. The van der Waals surface area contributed by atoms with Crippen LogP contribution in [-0.2, 0) is 9.59 Å². The minimum Gasteiger partial charge on any atom is -0.424 e. The van der Waals surface area contributed by atoms with Crippen LogP contribution in [0.3, 0.4) is 0 Å². The van der Waals surface area contributed by atoms with E-state index in [0.29, 0.717) is 0 Å². The SMILES string of the molecule is CC1(C)NC(=O)CNC(=O)c2ccccc2OC1=O. The monoisotopic (exact) mass is 262 g/mol. The number of amides is 2. The van der Waals surface area contributed by atoms with Crippen LogP contribution < -0.4 is 15.4 Å². The second-order valence-corrected chi connectivity index (χ2v) is 4.74. The van der Waals surface area contributed by atoms with Crippen LogP contribution in [0.2, 0.25) is 0 Å². The smallest absolute Gasteiger partial charge is 0.336 e. The predicted molar refractivity (Wildman–Crippen MR) is 66.6 cm³/mol. The van der Waals surface area contributed by atoms with E-state index in [1.807, 2.05) is 0 Å². The third-order valence-corrected chi connectivity index (χ3v) is 2.71. The number of hydrogen-bond donors (Lipinski definition) is 2. The summed E-state index contributed by atoms with van der Waals surface area (Å²) in [7, 11) is 0. The highest BCUT2D eigenvalue weighted by molar-refractivity contribution is 6.01. The van der Waals surface area contributed by atoms with Gasteiger partial charge in [-0.2, -0.15) is 0 Å². The summed E-state index contributed by atoms with van der Waals surface area (Å²) in [5.74, 6) is -1.36. The zero-order chi connectivity index (χ0) is 14.0. The Morgan fingerprint density at radius 3 is 2.58 bits per heavy atom. The van der Waals surface area contributed by atoms with Gasteiger partial charge in [-0.1, -0.05) is 12.1 Å². The van der Waals surface area contributed by atoms with Gasteiger partial charge in [0.05, 0.1) is 12.1 Å². The Labute approximate surface area is 110 Å². The molecule has 1 aliphatic heterocycles. The van der Waals surface area contributed by atoms with Crippen molar-refractivity contribution in [3.63, 3.8) is 0 Å². The van der Waals surface area contributed by atoms with E-state index in [1.165, 1.54) is 12.1 Å². The first kappa shape index (κ1) is 13.1. The third kappa shape index (κ3) is 2.73. The van der Waals surface area contributed by atoms with E-state index >= 15 is 0 Å². The van der Waals surface area contributed by atoms with Gasteiger partial charge in [0.1, 0.15) is 11.3 Å². The Balaban J connectivity index is 2.42. The topological polar surface area (TPSA) is 84.5 Å². The molecular weight excluding hydrogens is 248 g/mol. The molecule has 100 valence electrons.